The van der Waals surface area contributed by atoms with E-state index in [4.69, 9.17) is 0 Å². The number of rotatable bonds is 2. The number of hydrogen-bond acceptors (Lipinski definition) is 0. The fourth-order valence-corrected chi connectivity index (χ4v) is 2.71. The first-order valence-electron chi connectivity index (χ1n) is 5.09. The molecule has 0 aromatic carbocycles. The predicted octanol–water partition coefficient (Wildman–Crippen LogP) is 3.47. The third kappa shape index (κ3) is 1.60. The maximum absolute atomic E-state index is 2.42. The van der Waals surface area contributed by atoms with Crippen molar-refractivity contribution in [2.45, 2.75) is 46.5 Å². The largest absolute Gasteiger partial charge is 0.0599 e. The lowest BCUT2D eigenvalue weighted by Gasteiger charge is -2.31. The van der Waals surface area contributed by atoms with Gasteiger partial charge in [0.05, 0.1) is 0 Å². The molecule has 0 aliphatic heterocycles. The van der Waals surface area contributed by atoms with Crippen molar-refractivity contribution in [2.24, 2.45) is 23.2 Å². The van der Waals surface area contributed by atoms with Crippen LogP contribution in [0, 0.1) is 23.2 Å². The van der Waals surface area contributed by atoms with Crippen LogP contribution >= 0.6 is 0 Å². The molecule has 0 aromatic heterocycles. The van der Waals surface area contributed by atoms with E-state index in [-0.39, 0.29) is 0 Å². The molecule has 2 fully saturated rings. The molecule has 0 amide bonds. The molecule has 0 aromatic rings. The van der Waals surface area contributed by atoms with Crippen LogP contribution in [0.4, 0.5) is 0 Å². The summed E-state index contributed by atoms with van der Waals surface area (Å²) >= 11 is 0. The summed E-state index contributed by atoms with van der Waals surface area (Å²) in [5.41, 5.74) is 0.586. The Kier molecular flexibility index (Phi) is 1.56. The highest BCUT2D eigenvalue weighted by molar-refractivity contribution is 4.96. The van der Waals surface area contributed by atoms with Crippen LogP contribution in [0.25, 0.3) is 0 Å². The molecule has 0 nitrogen and oxygen atoms in total. The Balaban J connectivity index is 2.02. The first-order valence-corrected chi connectivity index (χ1v) is 5.09. The van der Waals surface area contributed by atoms with Crippen LogP contribution in [0.3, 0.4) is 0 Å². The van der Waals surface area contributed by atoms with Crippen molar-refractivity contribution < 1.29 is 0 Å². The summed E-state index contributed by atoms with van der Waals surface area (Å²) in [6.07, 6.45) is 6.10. The zero-order valence-corrected chi connectivity index (χ0v) is 8.06. The lowest BCUT2D eigenvalue weighted by atomic mass is 9.75. The minimum Gasteiger partial charge on any atom is -0.0599 e. The van der Waals surface area contributed by atoms with Crippen LogP contribution in [0.5, 0.6) is 0 Å². The summed E-state index contributed by atoms with van der Waals surface area (Å²) in [6, 6.07) is 0. The highest BCUT2D eigenvalue weighted by atomic mass is 14.5. The maximum Gasteiger partial charge on any atom is -0.0309 e. The van der Waals surface area contributed by atoms with Gasteiger partial charge in [0, 0.05) is 0 Å². The van der Waals surface area contributed by atoms with Crippen LogP contribution in [0.2, 0.25) is 0 Å². The summed E-state index contributed by atoms with van der Waals surface area (Å²) in [6.45, 7) is 7.27. The van der Waals surface area contributed by atoms with Crippen molar-refractivity contribution in [3.63, 3.8) is 0 Å². The Bertz CT molecular complexity index is 132. The second-order valence-electron chi connectivity index (χ2n) is 5.57. The molecule has 64 valence electrons. The van der Waals surface area contributed by atoms with Gasteiger partial charge in [-0.2, -0.15) is 0 Å². The fraction of sp³-hybridized carbons (Fsp3) is 1.00. The van der Waals surface area contributed by atoms with E-state index in [1.54, 1.807) is 0 Å². The summed E-state index contributed by atoms with van der Waals surface area (Å²) in [4.78, 5) is 0. The van der Waals surface area contributed by atoms with Crippen LogP contribution < -0.4 is 0 Å². The molecule has 0 spiro atoms. The van der Waals surface area contributed by atoms with E-state index in [9.17, 15) is 0 Å². The molecular weight excluding hydrogens is 132 g/mol. The van der Waals surface area contributed by atoms with Gasteiger partial charge in [0.25, 0.3) is 0 Å². The topological polar surface area (TPSA) is 0 Å². The van der Waals surface area contributed by atoms with Crippen molar-refractivity contribution >= 4 is 0 Å². The molecule has 0 heterocycles. The Morgan fingerprint density at radius 1 is 0.909 bits per heavy atom. The quantitative estimate of drug-likeness (QED) is 0.568. The summed E-state index contributed by atoms with van der Waals surface area (Å²) in [5, 5.41) is 0. The van der Waals surface area contributed by atoms with Gasteiger partial charge in [0.15, 0.2) is 0 Å². The van der Waals surface area contributed by atoms with Crippen molar-refractivity contribution in [3.05, 3.63) is 0 Å². The second-order valence-corrected chi connectivity index (χ2v) is 5.57. The highest BCUT2D eigenvalue weighted by Crippen LogP contribution is 2.55. The zero-order chi connectivity index (χ0) is 8.06. The van der Waals surface area contributed by atoms with Gasteiger partial charge in [-0.05, 0) is 48.9 Å². The minimum absolute atomic E-state index is 0.586. The summed E-state index contributed by atoms with van der Waals surface area (Å²) in [7, 11) is 0. The van der Waals surface area contributed by atoms with Gasteiger partial charge in [-0.1, -0.05) is 20.8 Å². The molecule has 0 radical (unpaired) electrons. The third-order valence-corrected chi connectivity index (χ3v) is 3.26. The van der Waals surface area contributed by atoms with E-state index in [2.05, 4.69) is 20.8 Å². The van der Waals surface area contributed by atoms with Crippen molar-refractivity contribution in [1.82, 2.24) is 0 Å². The monoisotopic (exact) mass is 152 g/mol. The van der Waals surface area contributed by atoms with E-state index in [0.29, 0.717) is 5.41 Å². The molecule has 0 bridgehead atoms. The summed E-state index contributed by atoms with van der Waals surface area (Å²) < 4.78 is 0. The molecule has 0 saturated heterocycles. The van der Waals surface area contributed by atoms with Gasteiger partial charge in [0.2, 0.25) is 0 Å². The van der Waals surface area contributed by atoms with E-state index in [1.165, 1.54) is 25.7 Å². The average molecular weight is 152 g/mol. The third-order valence-electron chi connectivity index (χ3n) is 3.26. The number of hydrogen-bond donors (Lipinski definition) is 0. The van der Waals surface area contributed by atoms with Crippen molar-refractivity contribution in [1.29, 1.82) is 0 Å². The molecule has 11 heavy (non-hydrogen) atoms. The Hall–Kier alpha value is 0. The van der Waals surface area contributed by atoms with Crippen LogP contribution in [0.1, 0.15) is 46.5 Å². The first kappa shape index (κ1) is 7.64. The fourth-order valence-electron chi connectivity index (χ4n) is 2.71. The standard InChI is InChI=1S/C11H20/c1-11(2,3)10(8-4-5-8)9-6-7-9/h8-10H,4-7H2,1-3H3. The second kappa shape index (κ2) is 2.24. The molecule has 2 rings (SSSR count). The lowest BCUT2D eigenvalue weighted by Crippen LogP contribution is -2.24. The van der Waals surface area contributed by atoms with Crippen molar-refractivity contribution in [2.75, 3.05) is 0 Å². The van der Waals surface area contributed by atoms with Crippen LogP contribution in [-0.4, -0.2) is 0 Å². The van der Waals surface area contributed by atoms with E-state index in [1.807, 2.05) is 0 Å². The van der Waals surface area contributed by atoms with Crippen molar-refractivity contribution in [3.8, 4) is 0 Å². The van der Waals surface area contributed by atoms with Gasteiger partial charge in [-0.25, -0.2) is 0 Å². The lowest BCUT2D eigenvalue weighted by molar-refractivity contribution is 0.182. The molecule has 2 aliphatic carbocycles. The molecule has 0 heteroatoms. The van der Waals surface area contributed by atoms with Crippen LogP contribution in [-0.2, 0) is 0 Å². The molecule has 0 N–H and O–H groups in total. The Morgan fingerprint density at radius 3 is 1.45 bits per heavy atom. The van der Waals surface area contributed by atoms with Gasteiger partial charge >= 0.3 is 0 Å². The average Bonchev–Trinajstić information content (AvgIpc) is 2.50. The van der Waals surface area contributed by atoms with Gasteiger partial charge in [-0.15, -0.1) is 0 Å². The normalized spacial score (nSPS) is 26.2. The van der Waals surface area contributed by atoms with E-state index >= 15 is 0 Å². The van der Waals surface area contributed by atoms with E-state index in [0.717, 1.165) is 17.8 Å². The Labute approximate surface area is 70.4 Å². The smallest absolute Gasteiger partial charge is 0.0309 e. The predicted molar refractivity (Wildman–Crippen MR) is 48.4 cm³/mol. The van der Waals surface area contributed by atoms with E-state index < -0.39 is 0 Å². The maximum atomic E-state index is 2.42. The molecular formula is C11H20. The minimum atomic E-state index is 0.586. The van der Waals surface area contributed by atoms with Gasteiger partial charge in [0.1, 0.15) is 0 Å². The zero-order valence-electron chi connectivity index (χ0n) is 8.06. The summed E-state index contributed by atoms with van der Waals surface area (Å²) in [5.74, 6) is 3.28. The molecule has 2 aliphatic rings. The molecule has 0 atom stereocenters. The SMILES string of the molecule is CC(C)(C)C(C1CC1)C1CC1. The highest BCUT2D eigenvalue weighted by Gasteiger charge is 2.46. The molecule has 2 saturated carbocycles. The first-order chi connectivity index (χ1) is 5.09. The Morgan fingerprint density at radius 2 is 1.27 bits per heavy atom. The van der Waals surface area contributed by atoms with Crippen LogP contribution in [0.15, 0.2) is 0 Å². The van der Waals surface area contributed by atoms with Gasteiger partial charge < -0.3 is 0 Å². The molecule has 0 unspecified atom stereocenters. The van der Waals surface area contributed by atoms with Gasteiger partial charge in [-0.3, -0.25) is 0 Å².